The molecule has 3 nitrogen and oxygen atoms in total. The van der Waals surface area contributed by atoms with E-state index in [0.717, 1.165) is 13.0 Å². The minimum absolute atomic E-state index is 0.0333. The maximum Gasteiger partial charge on any atom is 0.307 e. The molecule has 3 heteroatoms. The third-order valence-electron chi connectivity index (χ3n) is 4.27. The van der Waals surface area contributed by atoms with Crippen molar-refractivity contribution in [1.29, 1.82) is 0 Å². The second-order valence-electron chi connectivity index (χ2n) is 5.58. The van der Waals surface area contributed by atoms with Crippen LogP contribution in [0.2, 0.25) is 0 Å². The highest BCUT2D eigenvalue weighted by atomic mass is 16.4. The zero-order valence-electron chi connectivity index (χ0n) is 9.70. The number of rotatable bonds is 4. The fraction of sp³-hybridized carbons (Fsp3) is 0.917. The third-order valence-corrected chi connectivity index (χ3v) is 4.27. The van der Waals surface area contributed by atoms with E-state index in [9.17, 15) is 4.79 Å². The van der Waals surface area contributed by atoms with Crippen LogP contribution in [0.3, 0.4) is 0 Å². The molecule has 2 aliphatic rings. The lowest BCUT2D eigenvalue weighted by Crippen LogP contribution is -2.21. The molecule has 1 saturated carbocycles. The van der Waals surface area contributed by atoms with Crippen LogP contribution in [0.1, 0.15) is 33.1 Å². The molecular formula is C12H21NO2. The molecule has 2 fully saturated rings. The minimum Gasteiger partial charge on any atom is -0.481 e. The predicted octanol–water partition coefficient (Wildman–Crippen LogP) is 1.83. The summed E-state index contributed by atoms with van der Waals surface area (Å²) in [5.74, 6) is -0.304. The van der Waals surface area contributed by atoms with Crippen molar-refractivity contribution in [3.05, 3.63) is 0 Å². The first-order valence-electron chi connectivity index (χ1n) is 5.98. The predicted molar refractivity (Wildman–Crippen MR) is 58.7 cm³/mol. The van der Waals surface area contributed by atoms with E-state index in [4.69, 9.17) is 5.11 Å². The molecule has 1 heterocycles. The SMILES string of the molecule is CC1(C)[C@H](CCN2CCCC2)[C@H]1C(=O)O. The van der Waals surface area contributed by atoms with E-state index in [1.54, 1.807) is 0 Å². The maximum atomic E-state index is 11.0. The van der Waals surface area contributed by atoms with Gasteiger partial charge >= 0.3 is 5.97 Å². The number of likely N-dealkylation sites (tertiary alicyclic amines) is 1. The van der Waals surface area contributed by atoms with Crippen LogP contribution in [-0.4, -0.2) is 35.6 Å². The Morgan fingerprint density at radius 3 is 2.47 bits per heavy atom. The first-order valence-corrected chi connectivity index (χ1v) is 5.98. The fourth-order valence-corrected chi connectivity index (χ4v) is 3.10. The Morgan fingerprint density at radius 2 is 2.00 bits per heavy atom. The lowest BCUT2D eigenvalue weighted by molar-refractivity contribution is -0.139. The Bertz CT molecular complexity index is 256. The molecule has 0 spiro atoms. The molecule has 1 aliphatic carbocycles. The quantitative estimate of drug-likeness (QED) is 0.771. The van der Waals surface area contributed by atoms with Crippen molar-refractivity contribution in [2.75, 3.05) is 19.6 Å². The molecule has 1 saturated heterocycles. The van der Waals surface area contributed by atoms with Gasteiger partial charge in [0.25, 0.3) is 0 Å². The van der Waals surface area contributed by atoms with Crippen molar-refractivity contribution in [3.63, 3.8) is 0 Å². The second-order valence-corrected chi connectivity index (χ2v) is 5.58. The van der Waals surface area contributed by atoms with Crippen LogP contribution in [-0.2, 0) is 4.79 Å². The van der Waals surface area contributed by atoms with Gasteiger partial charge in [0.1, 0.15) is 0 Å². The monoisotopic (exact) mass is 211 g/mol. The van der Waals surface area contributed by atoms with E-state index in [1.165, 1.54) is 25.9 Å². The van der Waals surface area contributed by atoms with Gasteiger partial charge < -0.3 is 10.0 Å². The molecule has 2 atom stereocenters. The number of nitrogens with zero attached hydrogens (tertiary/aromatic N) is 1. The summed E-state index contributed by atoms with van der Waals surface area (Å²) in [6.45, 7) is 7.69. The van der Waals surface area contributed by atoms with Crippen LogP contribution in [0.5, 0.6) is 0 Å². The second kappa shape index (κ2) is 3.78. The summed E-state index contributed by atoms with van der Waals surface area (Å²) in [6.07, 6.45) is 3.69. The van der Waals surface area contributed by atoms with Crippen LogP contribution in [0, 0.1) is 17.3 Å². The molecule has 0 aromatic heterocycles. The van der Waals surface area contributed by atoms with E-state index in [0.29, 0.717) is 5.92 Å². The summed E-state index contributed by atoms with van der Waals surface area (Å²) in [6, 6.07) is 0. The Balaban J connectivity index is 1.78. The normalized spacial score (nSPS) is 34.3. The number of aliphatic carboxylic acids is 1. The zero-order valence-corrected chi connectivity index (χ0v) is 9.70. The van der Waals surface area contributed by atoms with Gasteiger partial charge in [0.15, 0.2) is 0 Å². The van der Waals surface area contributed by atoms with E-state index in [-0.39, 0.29) is 11.3 Å². The number of hydrogen-bond acceptors (Lipinski definition) is 2. The standard InChI is InChI=1S/C12H21NO2/c1-12(2)9(10(12)11(14)15)5-8-13-6-3-4-7-13/h9-10H,3-8H2,1-2H3,(H,14,15)/t9-,10+/m1/s1. The van der Waals surface area contributed by atoms with Gasteiger partial charge in [-0.05, 0) is 50.2 Å². The van der Waals surface area contributed by atoms with E-state index >= 15 is 0 Å². The van der Waals surface area contributed by atoms with Crippen molar-refractivity contribution >= 4 is 5.97 Å². The van der Waals surface area contributed by atoms with Crippen molar-refractivity contribution in [2.24, 2.45) is 17.3 Å². The minimum atomic E-state index is -0.605. The Morgan fingerprint density at radius 1 is 1.40 bits per heavy atom. The van der Waals surface area contributed by atoms with Crippen LogP contribution in [0.15, 0.2) is 0 Å². The van der Waals surface area contributed by atoms with Crippen molar-refractivity contribution in [2.45, 2.75) is 33.1 Å². The molecule has 86 valence electrons. The Hall–Kier alpha value is -0.570. The summed E-state index contributed by atoms with van der Waals surface area (Å²) in [7, 11) is 0. The number of carboxylic acid groups (broad SMARTS) is 1. The van der Waals surface area contributed by atoms with Gasteiger partial charge in [0, 0.05) is 0 Å². The van der Waals surface area contributed by atoms with Gasteiger partial charge in [-0.2, -0.15) is 0 Å². The average Bonchev–Trinajstić information content (AvgIpc) is 2.55. The van der Waals surface area contributed by atoms with Crippen molar-refractivity contribution in [1.82, 2.24) is 4.90 Å². The zero-order chi connectivity index (χ0) is 11.1. The molecule has 15 heavy (non-hydrogen) atoms. The molecular weight excluding hydrogens is 190 g/mol. The van der Waals surface area contributed by atoms with Gasteiger partial charge in [0.2, 0.25) is 0 Å². The lowest BCUT2D eigenvalue weighted by Gasteiger charge is -2.14. The molecule has 0 bridgehead atoms. The molecule has 1 aliphatic heterocycles. The first-order chi connectivity index (χ1) is 7.03. The maximum absolute atomic E-state index is 11.0. The highest BCUT2D eigenvalue weighted by molar-refractivity contribution is 5.75. The lowest BCUT2D eigenvalue weighted by atomic mass is 10.1. The number of carboxylic acids is 1. The fourth-order valence-electron chi connectivity index (χ4n) is 3.10. The highest BCUT2D eigenvalue weighted by Crippen LogP contribution is 2.60. The van der Waals surface area contributed by atoms with Crippen LogP contribution in [0.4, 0.5) is 0 Å². The van der Waals surface area contributed by atoms with Gasteiger partial charge in [-0.25, -0.2) is 0 Å². The molecule has 0 unspecified atom stereocenters. The van der Waals surface area contributed by atoms with Crippen LogP contribution >= 0.6 is 0 Å². The topological polar surface area (TPSA) is 40.5 Å². The Kier molecular flexibility index (Phi) is 2.75. The van der Waals surface area contributed by atoms with E-state index in [2.05, 4.69) is 18.7 Å². The van der Waals surface area contributed by atoms with E-state index < -0.39 is 5.97 Å². The average molecular weight is 211 g/mol. The third kappa shape index (κ3) is 2.03. The summed E-state index contributed by atoms with van der Waals surface area (Å²) in [5.41, 5.74) is 0.0333. The van der Waals surface area contributed by atoms with Crippen molar-refractivity contribution < 1.29 is 9.90 Å². The summed E-state index contributed by atoms with van der Waals surface area (Å²) in [5, 5.41) is 9.04. The molecule has 0 aromatic carbocycles. The van der Waals surface area contributed by atoms with Gasteiger partial charge in [-0.15, -0.1) is 0 Å². The molecule has 1 N–H and O–H groups in total. The number of carbonyl (C=O) groups is 1. The first kappa shape index (κ1) is 10.9. The highest BCUT2D eigenvalue weighted by Gasteiger charge is 2.61. The van der Waals surface area contributed by atoms with Gasteiger partial charge in [-0.3, -0.25) is 4.79 Å². The summed E-state index contributed by atoms with van der Waals surface area (Å²) < 4.78 is 0. The molecule has 0 amide bonds. The Labute approximate surface area is 91.5 Å². The largest absolute Gasteiger partial charge is 0.481 e. The molecule has 0 radical (unpaired) electrons. The molecule has 0 aromatic rings. The summed E-state index contributed by atoms with van der Waals surface area (Å²) >= 11 is 0. The van der Waals surface area contributed by atoms with Crippen LogP contribution in [0.25, 0.3) is 0 Å². The van der Waals surface area contributed by atoms with Crippen LogP contribution < -0.4 is 0 Å². The summed E-state index contributed by atoms with van der Waals surface area (Å²) in [4.78, 5) is 13.4. The van der Waals surface area contributed by atoms with Gasteiger partial charge in [0.05, 0.1) is 5.92 Å². The van der Waals surface area contributed by atoms with E-state index in [1.807, 2.05) is 0 Å². The van der Waals surface area contributed by atoms with Gasteiger partial charge in [-0.1, -0.05) is 13.8 Å². The smallest absolute Gasteiger partial charge is 0.307 e. The molecule has 2 rings (SSSR count). The number of hydrogen-bond donors (Lipinski definition) is 1. The van der Waals surface area contributed by atoms with Crippen molar-refractivity contribution in [3.8, 4) is 0 Å².